The van der Waals surface area contributed by atoms with Gasteiger partial charge >= 0.3 is 5.97 Å². The number of aryl methyl sites for hydroxylation is 1. The van der Waals surface area contributed by atoms with E-state index in [4.69, 9.17) is 14.9 Å². The highest BCUT2D eigenvalue weighted by Gasteiger charge is 2.12. The van der Waals surface area contributed by atoms with E-state index in [0.29, 0.717) is 12.4 Å². The average molecular weight is 224 g/mol. The van der Waals surface area contributed by atoms with Gasteiger partial charge in [-0.3, -0.25) is 0 Å². The van der Waals surface area contributed by atoms with Crippen molar-refractivity contribution in [2.75, 3.05) is 13.2 Å². The number of aliphatic hydroxyl groups is 1. The molecule has 1 aromatic rings. The van der Waals surface area contributed by atoms with Crippen LogP contribution < -0.4 is 4.74 Å². The summed E-state index contributed by atoms with van der Waals surface area (Å²) >= 11 is 0. The number of ether oxygens (including phenoxy) is 1. The normalized spacial score (nSPS) is 12.2. The molecular formula is C12H16O4. The topological polar surface area (TPSA) is 66.8 Å². The van der Waals surface area contributed by atoms with Crippen LogP contribution in [-0.4, -0.2) is 29.4 Å². The standard InChI is InChI=1S/C12H16O4/c1-8-3-4-11(10(5-8)12(14)15)16-7-9(2)6-13/h3-5,9,13H,6-7H2,1-2H3,(H,14,15). The molecule has 0 aliphatic carbocycles. The zero-order valence-corrected chi connectivity index (χ0v) is 9.43. The molecule has 4 nitrogen and oxygen atoms in total. The van der Waals surface area contributed by atoms with Crippen LogP contribution in [0.25, 0.3) is 0 Å². The van der Waals surface area contributed by atoms with E-state index in [1.165, 1.54) is 0 Å². The summed E-state index contributed by atoms with van der Waals surface area (Å²) in [5.74, 6) is -0.670. The van der Waals surface area contributed by atoms with E-state index in [-0.39, 0.29) is 18.1 Å². The van der Waals surface area contributed by atoms with Gasteiger partial charge in [0.25, 0.3) is 0 Å². The first-order valence-electron chi connectivity index (χ1n) is 5.12. The van der Waals surface area contributed by atoms with Crippen molar-refractivity contribution >= 4 is 5.97 Å². The molecule has 1 unspecified atom stereocenters. The number of hydrogen-bond donors (Lipinski definition) is 2. The second-order valence-corrected chi connectivity index (χ2v) is 3.90. The molecule has 0 bridgehead atoms. The highest BCUT2D eigenvalue weighted by atomic mass is 16.5. The van der Waals surface area contributed by atoms with Gasteiger partial charge in [0.15, 0.2) is 0 Å². The van der Waals surface area contributed by atoms with Gasteiger partial charge in [0.2, 0.25) is 0 Å². The zero-order valence-electron chi connectivity index (χ0n) is 9.43. The predicted molar refractivity (Wildman–Crippen MR) is 59.9 cm³/mol. The van der Waals surface area contributed by atoms with E-state index in [0.717, 1.165) is 5.56 Å². The third-order valence-electron chi connectivity index (χ3n) is 2.20. The first-order chi connectivity index (χ1) is 7.54. The van der Waals surface area contributed by atoms with Crippen LogP contribution >= 0.6 is 0 Å². The molecule has 4 heteroatoms. The Labute approximate surface area is 94.5 Å². The monoisotopic (exact) mass is 224 g/mol. The number of rotatable bonds is 5. The van der Waals surface area contributed by atoms with E-state index in [1.54, 1.807) is 18.2 Å². The molecule has 0 heterocycles. The number of carbonyl (C=O) groups is 1. The van der Waals surface area contributed by atoms with Crippen molar-refractivity contribution in [3.63, 3.8) is 0 Å². The first kappa shape index (κ1) is 12.5. The second kappa shape index (κ2) is 5.51. The van der Waals surface area contributed by atoms with Crippen LogP contribution in [0.15, 0.2) is 18.2 Å². The van der Waals surface area contributed by atoms with Gasteiger partial charge in [-0.25, -0.2) is 4.79 Å². The molecule has 0 saturated carbocycles. The molecule has 1 aromatic carbocycles. The van der Waals surface area contributed by atoms with Crippen LogP contribution in [-0.2, 0) is 0 Å². The summed E-state index contributed by atoms with van der Waals surface area (Å²) in [5.41, 5.74) is 1.03. The van der Waals surface area contributed by atoms with E-state index in [1.807, 2.05) is 13.8 Å². The lowest BCUT2D eigenvalue weighted by Crippen LogP contribution is -2.13. The minimum absolute atomic E-state index is 0.0112. The highest BCUT2D eigenvalue weighted by molar-refractivity contribution is 5.91. The van der Waals surface area contributed by atoms with Crippen LogP contribution in [0.3, 0.4) is 0 Å². The quantitative estimate of drug-likeness (QED) is 0.798. The number of aliphatic hydroxyl groups excluding tert-OH is 1. The average Bonchev–Trinajstić information content (AvgIpc) is 2.26. The van der Waals surface area contributed by atoms with Gasteiger partial charge in [-0.1, -0.05) is 18.6 Å². The van der Waals surface area contributed by atoms with Crippen LogP contribution in [0.5, 0.6) is 5.75 Å². The third-order valence-corrected chi connectivity index (χ3v) is 2.20. The summed E-state index contributed by atoms with van der Waals surface area (Å²) < 4.78 is 5.37. The molecular weight excluding hydrogens is 208 g/mol. The van der Waals surface area contributed by atoms with Crippen LogP contribution in [0.2, 0.25) is 0 Å². The second-order valence-electron chi connectivity index (χ2n) is 3.90. The maximum Gasteiger partial charge on any atom is 0.339 e. The molecule has 0 fully saturated rings. The predicted octanol–water partition coefficient (Wildman–Crippen LogP) is 1.70. The SMILES string of the molecule is Cc1ccc(OCC(C)CO)c(C(=O)O)c1. The maximum atomic E-state index is 11.0. The van der Waals surface area contributed by atoms with Crippen LogP contribution in [0.1, 0.15) is 22.8 Å². The third kappa shape index (κ3) is 3.24. The number of carboxylic acids is 1. The minimum Gasteiger partial charge on any atom is -0.492 e. The Bertz CT molecular complexity index is 373. The van der Waals surface area contributed by atoms with Crippen molar-refractivity contribution in [2.45, 2.75) is 13.8 Å². The fraction of sp³-hybridized carbons (Fsp3) is 0.417. The lowest BCUT2D eigenvalue weighted by Gasteiger charge is -2.12. The lowest BCUT2D eigenvalue weighted by atomic mass is 10.1. The fourth-order valence-corrected chi connectivity index (χ4v) is 1.22. The molecule has 16 heavy (non-hydrogen) atoms. The van der Waals surface area contributed by atoms with Gasteiger partial charge in [-0.05, 0) is 19.1 Å². The van der Waals surface area contributed by atoms with Crippen molar-refractivity contribution < 1.29 is 19.7 Å². The number of benzene rings is 1. The molecule has 0 amide bonds. The molecule has 0 saturated heterocycles. The lowest BCUT2D eigenvalue weighted by molar-refractivity contribution is 0.0690. The van der Waals surface area contributed by atoms with Gasteiger partial charge in [0, 0.05) is 12.5 Å². The van der Waals surface area contributed by atoms with Crippen molar-refractivity contribution in [3.05, 3.63) is 29.3 Å². The Hall–Kier alpha value is -1.55. The van der Waals surface area contributed by atoms with E-state index >= 15 is 0 Å². The number of carboxylic acid groups (broad SMARTS) is 1. The smallest absolute Gasteiger partial charge is 0.339 e. The van der Waals surface area contributed by atoms with Crippen molar-refractivity contribution in [1.82, 2.24) is 0 Å². The van der Waals surface area contributed by atoms with Gasteiger partial charge in [-0.2, -0.15) is 0 Å². The van der Waals surface area contributed by atoms with Gasteiger partial charge in [0.05, 0.1) is 6.61 Å². The Morgan fingerprint density at radius 3 is 2.75 bits per heavy atom. The van der Waals surface area contributed by atoms with Gasteiger partial charge in [-0.15, -0.1) is 0 Å². The van der Waals surface area contributed by atoms with E-state index < -0.39 is 5.97 Å². The summed E-state index contributed by atoms with van der Waals surface area (Å²) in [6.45, 7) is 3.98. The molecule has 0 spiro atoms. The molecule has 1 atom stereocenters. The van der Waals surface area contributed by atoms with E-state index in [9.17, 15) is 4.79 Å². The van der Waals surface area contributed by atoms with Crippen molar-refractivity contribution in [1.29, 1.82) is 0 Å². The first-order valence-corrected chi connectivity index (χ1v) is 5.12. The number of hydrogen-bond acceptors (Lipinski definition) is 3. The summed E-state index contributed by atoms with van der Waals surface area (Å²) in [6.07, 6.45) is 0. The van der Waals surface area contributed by atoms with Gasteiger partial charge < -0.3 is 14.9 Å². The van der Waals surface area contributed by atoms with Crippen molar-refractivity contribution in [2.24, 2.45) is 5.92 Å². The van der Waals surface area contributed by atoms with Gasteiger partial charge in [0.1, 0.15) is 11.3 Å². The summed E-state index contributed by atoms with van der Waals surface area (Å²) in [5, 5.41) is 17.8. The van der Waals surface area contributed by atoms with E-state index in [2.05, 4.69) is 0 Å². The van der Waals surface area contributed by atoms with Crippen LogP contribution in [0, 0.1) is 12.8 Å². The Morgan fingerprint density at radius 2 is 2.19 bits per heavy atom. The molecule has 1 rings (SSSR count). The molecule has 0 aliphatic rings. The maximum absolute atomic E-state index is 11.0. The Balaban J connectivity index is 2.82. The fourth-order valence-electron chi connectivity index (χ4n) is 1.22. The summed E-state index contributed by atoms with van der Waals surface area (Å²) in [7, 11) is 0. The summed E-state index contributed by atoms with van der Waals surface area (Å²) in [6, 6.07) is 5.01. The largest absolute Gasteiger partial charge is 0.492 e. The van der Waals surface area contributed by atoms with Crippen LogP contribution in [0.4, 0.5) is 0 Å². The molecule has 0 aromatic heterocycles. The van der Waals surface area contributed by atoms with Crippen molar-refractivity contribution in [3.8, 4) is 5.75 Å². The Morgan fingerprint density at radius 1 is 1.50 bits per heavy atom. The highest BCUT2D eigenvalue weighted by Crippen LogP contribution is 2.20. The zero-order chi connectivity index (χ0) is 12.1. The molecule has 88 valence electrons. The summed E-state index contributed by atoms with van der Waals surface area (Å²) in [4.78, 5) is 11.0. The Kier molecular flexibility index (Phi) is 4.31. The molecule has 0 aliphatic heterocycles. The molecule has 0 radical (unpaired) electrons. The number of aromatic carboxylic acids is 1. The minimum atomic E-state index is -1.00. The molecule has 2 N–H and O–H groups in total.